The molecule has 1 N–H and O–H groups in total. The molecule has 0 saturated carbocycles. The first kappa shape index (κ1) is 16.7. The monoisotopic (exact) mass is 277 g/mol. The van der Waals surface area contributed by atoms with Gasteiger partial charge in [-0.15, -0.1) is 6.58 Å². The van der Waals surface area contributed by atoms with Crippen LogP contribution in [0.15, 0.2) is 36.9 Å². The standard InChI is InChI=1S/C17H27NO2/c1-6-9-15(18-16(12-19-4)13(2)3)14-10-7-8-11-17(14)20-5/h6-8,10-11,13,15-16,18H,1,9,12H2,2-5H3/t15-,16+/m0/s1. The van der Waals surface area contributed by atoms with Gasteiger partial charge in [0.05, 0.1) is 13.7 Å². The molecule has 2 atom stereocenters. The second-order valence-corrected chi connectivity index (χ2v) is 5.29. The van der Waals surface area contributed by atoms with E-state index in [1.165, 1.54) is 0 Å². The van der Waals surface area contributed by atoms with Crippen LogP contribution in [0, 0.1) is 5.92 Å². The van der Waals surface area contributed by atoms with Crippen molar-refractivity contribution in [2.45, 2.75) is 32.4 Å². The van der Waals surface area contributed by atoms with Crippen LogP contribution >= 0.6 is 0 Å². The highest BCUT2D eigenvalue weighted by atomic mass is 16.5. The first-order valence-electron chi connectivity index (χ1n) is 7.12. The summed E-state index contributed by atoms with van der Waals surface area (Å²) in [5, 5.41) is 3.67. The van der Waals surface area contributed by atoms with E-state index in [9.17, 15) is 0 Å². The fourth-order valence-electron chi connectivity index (χ4n) is 2.28. The third kappa shape index (κ3) is 4.66. The van der Waals surface area contributed by atoms with E-state index in [2.05, 4.69) is 31.8 Å². The number of para-hydroxylation sites is 1. The van der Waals surface area contributed by atoms with Crippen molar-refractivity contribution in [2.75, 3.05) is 20.8 Å². The smallest absolute Gasteiger partial charge is 0.123 e. The largest absolute Gasteiger partial charge is 0.496 e. The molecule has 0 bridgehead atoms. The Bertz CT molecular complexity index is 404. The van der Waals surface area contributed by atoms with Crippen LogP contribution in [0.25, 0.3) is 0 Å². The minimum Gasteiger partial charge on any atom is -0.496 e. The Balaban J connectivity index is 2.95. The van der Waals surface area contributed by atoms with Gasteiger partial charge in [0, 0.05) is 24.8 Å². The molecule has 0 radical (unpaired) electrons. The summed E-state index contributed by atoms with van der Waals surface area (Å²) in [6, 6.07) is 8.61. The van der Waals surface area contributed by atoms with E-state index in [4.69, 9.17) is 9.47 Å². The maximum absolute atomic E-state index is 5.47. The summed E-state index contributed by atoms with van der Waals surface area (Å²) in [6.45, 7) is 8.96. The van der Waals surface area contributed by atoms with Crippen LogP contribution in [0.2, 0.25) is 0 Å². The number of hydrogen-bond donors (Lipinski definition) is 1. The molecular formula is C17H27NO2. The van der Waals surface area contributed by atoms with Crippen molar-refractivity contribution in [2.24, 2.45) is 5.92 Å². The lowest BCUT2D eigenvalue weighted by Crippen LogP contribution is -2.40. The highest BCUT2D eigenvalue weighted by Gasteiger charge is 2.21. The second-order valence-electron chi connectivity index (χ2n) is 5.29. The highest BCUT2D eigenvalue weighted by Crippen LogP contribution is 2.28. The summed E-state index contributed by atoms with van der Waals surface area (Å²) < 4.78 is 10.8. The zero-order chi connectivity index (χ0) is 15.0. The van der Waals surface area contributed by atoms with Gasteiger partial charge in [0.25, 0.3) is 0 Å². The molecule has 0 aliphatic carbocycles. The highest BCUT2D eigenvalue weighted by molar-refractivity contribution is 5.36. The van der Waals surface area contributed by atoms with Gasteiger partial charge in [0.1, 0.15) is 5.75 Å². The molecular weight excluding hydrogens is 250 g/mol. The maximum atomic E-state index is 5.47. The number of rotatable bonds is 9. The van der Waals surface area contributed by atoms with Crippen LogP contribution < -0.4 is 10.1 Å². The summed E-state index contributed by atoms with van der Waals surface area (Å²) in [4.78, 5) is 0. The lowest BCUT2D eigenvalue weighted by atomic mass is 9.98. The second kappa shape index (κ2) is 8.77. The van der Waals surface area contributed by atoms with E-state index < -0.39 is 0 Å². The van der Waals surface area contributed by atoms with Crippen molar-refractivity contribution in [3.8, 4) is 5.75 Å². The van der Waals surface area contributed by atoms with Crippen LogP contribution in [0.1, 0.15) is 31.9 Å². The van der Waals surface area contributed by atoms with E-state index in [1.54, 1.807) is 14.2 Å². The van der Waals surface area contributed by atoms with Gasteiger partial charge in [0.2, 0.25) is 0 Å². The van der Waals surface area contributed by atoms with Crippen molar-refractivity contribution < 1.29 is 9.47 Å². The summed E-state index contributed by atoms with van der Waals surface area (Å²) >= 11 is 0. The van der Waals surface area contributed by atoms with Crippen LogP contribution in [-0.4, -0.2) is 26.9 Å². The Hall–Kier alpha value is -1.32. The molecule has 0 heterocycles. The Morgan fingerprint density at radius 3 is 2.50 bits per heavy atom. The molecule has 0 fully saturated rings. The molecule has 20 heavy (non-hydrogen) atoms. The van der Waals surface area contributed by atoms with Crippen LogP contribution in [0.4, 0.5) is 0 Å². The minimum absolute atomic E-state index is 0.186. The number of benzene rings is 1. The van der Waals surface area contributed by atoms with Gasteiger partial charge in [0.15, 0.2) is 0 Å². The Labute approximate surface area is 123 Å². The molecule has 112 valence electrons. The fourth-order valence-corrected chi connectivity index (χ4v) is 2.28. The van der Waals surface area contributed by atoms with Crippen LogP contribution in [0.3, 0.4) is 0 Å². The van der Waals surface area contributed by atoms with Gasteiger partial charge in [-0.05, 0) is 18.4 Å². The average molecular weight is 277 g/mol. The molecule has 0 aliphatic rings. The first-order valence-corrected chi connectivity index (χ1v) is 7.12. The molecule has 1 aromatic rings. The quantitative estimate of drug-likeness (QED) is 0.700. The summed E-state index contributed by atoms with van der Waals surface area (Å²) in [7, 11) is 3.45. The fraction of sp³-hybridized carbons (Fsp3) is 0.529. The van der Waals surface area contributed by atoms with Gasteiger partial charge in [-0.2, -0.15) is 0 Å². The minimum atomic E-state index is 0.186. The lowest BCUT2D eigenvalue weighted by Gasteiger charge is -2.28. The van der Waals surface area contributed by atoms with Crippen molar-refractivity contribution in [3.63, 3.8) is 0 Å². The molecule has 0 spiro atoms. The van der Waals surface area contributed by atoms with Crippen LogP contribution in [-0.2, 0) is 4.74 Å². The molecule has 3 nitrogen and oxygen atoms in total. The number of nitrogens with one attached hydrogen (secondary N) is 1. The Kier molecular flexibility index (Phi) is 7.34. The van der Waals surface area contributed by atoms with E-state index >= 15 is 0 Å². The van der Waals surface area contributed by atoms with Crippen molar-refractivity contribution in [3.05, 3.63) is 42.5 Å². The van der Waals surface area contributed by atoms with Gasteiger partial charge >= 0.3 is 0 Å². The van der Waals surface area contributed by atoms with E-state index in [0.29, 0.717) is 18.6 Å². The third-order valence-corrected chi connectivity index (χ3v) is 3.48. The van der Waals surface area contributed by atoms with Gasteiger partial charge in [-0.25, -0.2) is 0 Å². The summed E-state index contributed by atoms with van der Waals surface area (Å²) in [5.41, 5.74) is 1.16. The molecule has 1 rings (SSSR count). The van der Waals surface area contributed by atoms with Gasteiger partial charge in [-0.1, -0.05) is 38.1 Å². The maximum Gasteiger partial charge on any atom is 0.123 e. The Morgan fingerprint density at radius 2 is 1.95 bits per heavy atom. The number of hydrogen-bond acceptors (Lipinski definition) is 3. The molecule has 0 aliphatic heterocycles. The van der Waals surface area contributed by atoms with E-state index in [1.807, 2.05) is 24.3 Å². The SMILES string of the molecule is C=CC[C@H](N[C@H](COC)C(C)C)c1ccccc1OC. The summed E-state index contributed by atoms with van der Waals surface area (Å²) in [6.07, 6.45) is 2.79. The predicted octanol–water partition coefficient (Wildman–Crippen LogP) is 3.57. The van der Waals surface area contributed by atoms with E-state index in [-0.39, 0.29) is 6.04 Å². The molecule has 0 unspecified atom stereocenters. The number of methoxy groups -OCH3 is 2. The first-order chi connectivity index (χ1) is 9.63. The zero-order valence-electron chi connectivity index (χ0n) is 13.1. The van der Waals surface area contributed by atoms with Crippen molar-refractivity contribution in [1.82, 2.24) is 5.32 Å². The third-order valence-electron chi connectivity index (χ3n) is 3.48. The molecule has 0 amide bonds. The van der Waals surface area contributed by atoms with Gasteiger partial charge in [-0.3, -0.25) is 0 Å². The number of ether oxygens (including phenoxy) is 2. The molecule has 1 aromatic carbocycles. The van der Waals surface area contributed by atoms with Crippen LogP contribution in [0.5, 0.6) is 5.75 Å². The van der Waals surface area contributed by atoms with Crippen molar-refractivity contribution >= 4 is 0 Å². The lowest BCUT2D eigenvalue weighted by molar-refractivity contribution is 0.140. The predicted molar refractivity (Wildman–Crippen MR) is 84.2 cm³/mol. The van der Waals surface area contributed by atoms with Crippen molar-refractivity contribution in [1.29, 1.82) is 0 Å². The van der Waals surface area contributed by atoms with Gasteiger partial charge < -0.3 is 14.8 Å². The normalized spacial score (nSPS) is 14.1. The van der Waals surface area contributed by atoms with E-state index in [0.717, 1.165) is 17.7 Å². The average Bonchev–Trinajstić information content (AvgIpc) is 2.45. The molecule has 0 saturated heterocycles. The molecule has 3 heteroatoms. The topological polar surface area (TPSA) is 30.5 Å². The Morgan fingerprint density at radius 1 is 1.25 bits per heavy atom. The summed E-state index contributed by atoms with van der Waals surface area (Å²) in [5.74, 6) is 1.41. The zero-order valence-corrected chi connectivity index (χ0v) is 13.1. The molecule has 0 aromatic heterocycles.